The highest BCUT2D eigenvalue weighted by atomic mass is 35.7. The van der Waals surface area contributed by atoms with Gasteiger partial charge >= 0.3 is 12.9 Å². The van der Waals surface area contributed by atoms with Gasteiger partial charge in [-0.05, 0) is 60.7 Å². The first-order valence-electron chi connectivity index (χ1n) is 22.6. The van der Waals surface area contributed by atoms with Gasteiger partial charge in [0.25, 0.3) is 11.8 Å². The molecule has 0 radical (unpaired) electrons. The summed E-state index contributed by atoms with van der Waals surface area (Å²) in [5.74, 6) is -5.89. The molecule has 2 saturated heterocycles. The Hall–Kier alpha value is -5.85. The Bertz CT molecular complexity index is 3250. The van der Waals surface area contributed by atoms with Crippen LogP contribution in [0.3, 0.4) is 0 Å². The van der Waals surface area contributed by atoms with Gasteiger partial charge < -0.3 is 24.0 Å². The zero-order chi connectivity index (χ0) is 56.4. The van der Waals surface area contributed by atoms with E-state index in [0.717, 1.165) is 49.9 Å². The molecule has 77 heavy (non-hydrogen) atoms. The molecule has 4 heterocycles. The van der Waals surface area contributed by atoms with Crippen LogP contribution in [0.15, 0.2) is 81.6 Å². The highest BCUT2D eigenvalue weighted by Crippen LogP contribution is 2.31. The third-order valence-corrected chi connectivity index (χ3v) is 13.2. The quantitative estimate of drug-likeness (QED) is 0.0765. The molecule has 0 saturated carbocycles. The minimum atomic E-state index is -3.35. The predicted molar refractivity (Wildman–Crippen MR) is 267 cm³/mol. The number of hydrogen-bond donors (Lipinski definition) is 1. The lowest BCUT2D eigenvalue weighted by atomic mass is 10.1. The number of anilines is 2. The molecule has 2 aromatic heterocycles. The summed E-state index contributed by atoms with van der Waals surface area (Å²) in [6.07, 6.45) is -3.88. The normalized spacial score (nSPS) is 14.7. The molecule has 4 aromatic carbocycles. The van der Waals surface area contributed by atoms with E-state index in [1.54, 1.807) is 4.90 Å². The Morgan fingerprint density at radius 1 is 0.597 bits per heavy atom. The average molecular weight is 1190 g/mol. The number of amides is 2. The van der Waals surface area contributed by atoms with Gasteiger partial charge in [-0.1, -0.05) is 35.3 Å². The topological polar surface area (TPSA) is 208 Å². The number of benzene rings is 4. The molecule has 8 rings (SSSR count). The molecular formula is C46H45Cl3F8N10O8S2. The lowest BCUT2D eigenvalue weighted by Gasteiger charge is -2.34. The van der Waals surface area contributed by atoms with Crippen LogP contribution in [0, 0.1) is 23.3 Å². The van der Waals surface area contributed by atoms with Crippen molar-refractivity contribution >= 4 is 76.1 Å². The summed E-state index contributed by atoms with van der Waals surface area (Å²) in [6.45, 7) is 3.46. The molecule has 0 bridgehead atoms. The van der Waals surface area contributed by atoms with Gasteiger partial charge in [0.15, 0.2) is 0 Å². The van der Waals surface area contributed by atoms with E-state index in [-0.39, 0.29) is 94.9 Å². The maximum absolute atomic E-state index is 15.1. The third-order valence-electron chi connectivity index (χ3n) is 11.3. The monoisotopic (exact) mass is 1190 g/mol. The zero-order valence-corrected chi connectivity index (χ0v) is 44.2. The number of rotatable bonds is 15. The van der Waals surface area contributed by atoms with E-state index in [1.165, 1.54) is 62.6 Å². The van der Waals surface area contributed by atoms with Crippen LogP contribution < -0.4 is 15.1 Å². The molecule has 0 unspecified atom stereocenters. The van der Waals surface area contributed by atoms with Crippen LogP contribution in [-0.4, -0.2) is 141 Å². The summed E-state index contributed by atoms with van der Waals surface area (Å²) in [4.78, 5) is 32.8. The zero-order valence-electron chi connectivity index (χ0n) is 40.3. The Morgan fingerprint density at radius 3 is 1.32 bits per heavy atom. The SMILES string of the molecule is CS(=O)(=O)Cl.CS(=O)(=O)N1CCN(CC(=O)N(Cc2ccc(-c3nnc(C(F)F)o3)cc2F)c2ccc(F)c(Cl)c2)CC1.O=C(CN1CCNCC1)N(Cc1ccc(-c2nnc(C(F)F)o2)cc1F)c1ccc(F)c(Cl)c1. The smallest absolute Gasteiger partial charge is 0.314 e. The summed E-state index contributed by atoms with van der Waals surface area (Å²) < 4.78 is 162. The van der Waals surface area contributed by atoms with E-state index in [1.807, 2.05) is 4.90 Å². The third kappa shape index (κ3) is 17.6. The van der Waals surface area contributed by atoms with E-state index in [2.05, 4.69) is 36.4 Å². The van der Waals surface area contributed by atoms with Crippen molar-refractivity contribution in [2.24, 2.45) is 0 Å². The molecular weight excluding hydrogens is 1140 g/mol. The van der Waals surface area contributed by atoms with Crippen LogP contribution in [-0.2, 0) is 41.8 Å². The molecule has 0 spiro atoms. The van der Waals surface area contributed by atoms with Crippen molar-refractivity contribution in [3.05, 3.63) is 129 Å². The summed E-state index contributed by atoms with van der Waals surface area (Å²) in [5.41, 5.74) is 0.928. The first kappa shape index (κ1) is 60.4. The van der Waals surface area contributed by atoms with E-state index >= 15 is 4.39 Å². The van der Waals surface area contributed by atoms with Gasteiger partial charge in [0.2, 0.25) is 42.7 Å². The van der Waals surface area contributed by atoms with Gasteiger partial charge in [-0.2, -0.15) is 21.9 Å². The van der Waals surface area contributed by atoms with Crippen LogP contribution in [0.5, 0.6) is 0 Å². The molecule has 6 aromatic rings. The van der Waals surface area contributed by atoms with Gasteiger partial charge in [0.1, 0.15) is 23.3 Å². The van der Waals surface area contributed by atoms with E-state index in [0.29, 0.717) is 31.9 Å². The second-order valence-corrected chi connectivity index (χ2v) is 22.7. The Balaban J connectivity index is 0.000000230. The number of carbonyl (C=O) groups is 2. The summed E-state index contributed by atoms with van der Waals surface area (Å²) in [5, 5.41) is 16.3. The number of halogens is 11. The van der Waals surface area contributed by atoms with Crippen molar-refractivity contribution in [2.75, 3.05) is 87.8 Å². The fourth-order valence-electron chi connectivity index (χ4n) is 7.43. The van der Waals surface area contributed by atoms with Crippen molar-refractivity contribution in [3.8, 4) is 22.9 Å². The lowest BCUT2D eigenvalue weighted by Crippen LogP contribution is -2.51. The van der Waals surface area contributed by atoms with Gasteiger partial charge in [0.05, 0.1) is 48.7 Å². The summed E-state index contributed by atoms with van der Waals surface area (Å²) >= 11 is 11.8. The number of carbonyl (C=O) groups excluding carboxylic acids is 2. The first-order valence-corrected chi connectivity index (χ1v) is 27.9. The van der Waals surface area contributed by atoms with E-state index in [4.69, 9.17) is 32.0 Å². The lowest BCUT2D eigenvalue weighted by molar-refractivity contribution is -0.120. The standard InChI is InChI=1S/C23H22ClF4N5O4S.C22H20ClF4N5O2.CH3ClO2S/c1-38(35,36)32-8-6-31(7-9-32)13-20(34)33(16-4-5-18(25)17(24)11-16)12-15-3-2-14(10-19(15)26)22-29-30-23(37-22)21(27)28;23-16-10-15(3-4-17(16)24)32(19(33)12-31-7-5-28-6-8-31)11-14-2-1-13(9-18(14)25)21-29-30-22(34-21)20(26)27;1-5(2,3)4/h2-5,10-11,21H,6-9,12-13H2,1H3;1-4,9-10,20,28H,5-8,11-12H2;1H3. The minimum Gasteiger partial charge on any atom is -0.415 e. The maximum Gasteiger partial charge on any atom is 0.314 e. The highest BCUT2D eigenvalue weighted by Gasteiger charge is 2.29. The highest BCUT2D eigenvalue weighted by molar-refractivity contribution is 8.13. The van der Waals surface area contributed by atoms with E-state index < -0.39 is 72.9 Å². The van der Waals surface area contributed by atoms with E-state index in [9.17, 15) is 57.2 Å². The average Bonchev–Trinajstić information content (AvgIpc) is 4.08. The van der Waals surface area contributed by atoms with Crippen molar-refractivity contribution in [1.29, 1.82) is 0 Å². The maximum atomic E-state index is 15.1. The molecule has 1 N–H and O–H groups in total. The van der Waals surface area contributed by atoms with Crippen LogP contribution in [0.1, 0.15) is 35.8 Å². The number of nitrogens with zero attached hydrogens (tertiary/aromatic N) is 9. The molecule has 18 nitrogen and oxygen atoms in total. The number of hydrogen-bond acceptors (Lipinski definition) is 15. The van der Waals surface area contributed by atoms with Gasteiger partial charge in [-0.15, -0.1) is 20.4 Å². The van der Waals surface area contributed by atoms with Crippen molar-refractivity contribution in [3.63, 3.8) is 0 Å². The number of nitrogens with one attached hydrogen (secondary N) is 1. The molecule has 0 atom stereocenters. The number of aromatic nitrogens is 4. The Kier molecular flexibility index (Phi) is 20.9. The van der Waals surface area contributed by atoms with Gasteiger partial charge in [-0.3, -0.25) is 19.4 Å². The molecule has 0 aliphatic carbocycles. The molecule has 416 valence electrons. The molecule has 2 fully saturated rings. The first-order chi connectivity index (χ1) is 36.2. The largest absolute Gasteiger partial charge is 0.415 e. The molecule has 2 aliphatic rings. The molecule has 31 heteroatoms. The molecule has 2 amide bonds. The van der Waals surface area contributed by atoms with Gasteiger partial charge in [-0.25, -0.2) is 34.4 Å². The summed E-state index contributed by atoms with van der Waals surface area (Å²) in [7, 11) is -2.04. The Morgan fingerprint density at radius 2 is 0.987 bits per heavy atom. The molecule has 2 aliphatic heterocycles. The van der Waals surface area contributed by atoms with Crippen molar-refractivity contribution in [2.45, 2.75) is 25.9 Å². The number of piperazine rings is 2. The minimum absolute atomic E-state index is 0.0668. The van der Waals surface area contributed by atoms with Crippen molar-refractivity contribution < 1.29 is 70.4 Å². The second-order valence-electron chi connectivity index (χ2n) is 16.9. The second kappa shape index (κ2) is 26.7. The van der Waals surface area contributed by atoms with Crippen LogP contribution >= 0.6 is 33.9 Å². The summed E-state index contributed by atoms with van der Waals surface area (Å²) in [6, 6.07) is 15.1. The fraction of sp³-hybridized carbons (Fsp3) is 0.348. The van der Waals surface area contributed by atoms with Crippen LogP contribution in [0.4, 0.5) is 46.5 Å². The number of alkyl halides is 4. The Labute approximate surface area is 449 Å². The van der Waals surface area contributed by atoms with Crippen LogP contribution in [0.2, 0.25) is 10.0 Å². The number of sulfonamides is 1. The fourth-order valence-corrected chi connectivity index (χ4v) is 8.61. The predicted octanol–water partition coefficient (Wildman–Crippen LogP) is 7.95. The van der Waals surface area contributed by atoms with Crippen LogP contribution in [0.25, 0.3) is 22.9 Å². The van der Waals surface area contributed by atoms with Crippen molar-refractivity contribution in [1.82, 2.24) is 39.8 Å². The van der Waals surface area contributed by atoms with Gasteiger partial charge in [0, 0.05) is 96.7 Å².